The molecule has 0 aromatic heterocycles. The minimum absolute atomic E-state index is 0.606. The molecule has 4 nitrogen and oxygen atoms in total. The van der Waals surface area contributed by atoms with E-state index in [2.05, 4.69) is 16.7 Å². The van der Waals surface area contributed by atoms with Crippen LogP contribution in [-0.2, 0) is 4.74 Å². The highest BCUT2D eigenvalue weighted by Crippen LogP contribution is 2.25. The summed E-state index contributed by atoms with van der Waals surface area (Å²) in [4.78, 5) is 2.39. The van der Waals surface area contributed by atoms with Crippen molar-refractivity contribution in [3.05, 3.63) is 58.6 Å². The van der Waals surface area contributed by atoms with Crippen molar-refractivity contribution in [3.8, 4) is 17.6 Å². The number of hydrogen-bond donors (Lipinski definition) is 1. The van der Waals surface area contributed by atoms with Crippen molar-refractivity contribution in [1.82, 2.24) is 4.90 Å². The van der Waals surface area contributed by atoms with Crippen LogP contribution < -0.4 is 10.5 Å². The fourth-order valence-corrected chi connectivity index (χ4v) is 2.87. The summed E-state index contributed by atoms with van der Waals surface area (Å²) in [5.41, 5.74) is 8.21. The van der Waals surface area contributed by atoms with Gasteiger partial charge in [0.25, 0.3) is 0 Å². The van der Waals surface area contributed by atoms with Gasteiger partial charge in [-0.05, 0) is 48.9 Å². The van der Waals surface area contributed by atoms with Gasteiger partial charge in [-0.25, -0.2) is 0 Å². The first-order valence-corrected chi connectivity index (χ1v) is 9.18. The molecule has 0 unspecified atom stereocenters. The Labute approximate surface area is 159 Å². The lowest BCUT2D eigenvalue weighted by atomic mass is 10.1. The number of nitrogens with zero attached hydrogens (tertiary/aromatic N) is 1. The summed E-state index contributed by atoms with van der Waals surface area (Å²) in [6, 6.07) is 13.1. The van der Waals surface area contributed by atoms with E-state index in [9.17, 15) is 0 Å². The lowest BCUT2D eigenvalue weighted by Crippen LogP contribution is -2.37. The Kier molecular flexibility index (Phi) is 6.79. The van der Waals surface area contributed by atoms with E-state index in [4.69, 9.17) is 26.8 Å². The number of benzene rings is 2. The van der Waals surface area contributed by atoms with Gasteiger partial charge in [0.1, 0.15) is 5.75 Å². The Morgan fingerprint density at radius 1 is 1.04 bits per heavy atom. The zero-order valence-corrected chi connectivity index (χ0v) is 15.5. The SMILES string of the molecule is Nc1ccc(C#Cc2ccc(Cl)c(OCCCN3CCOCC3)c2)cc1. The Hall–Kier alpha value is -2.19. The highest BCUT2D eigenvalue weighted by atomic mass is 35.5. The van der Waals surface area contributed by atoms with Crippen molar-refractivity contribution in [3.63, 3.8) is 0 Å². The quantitative estimate of drug-likeness (QED) is 0.497. The molecule has 2 aromatic rings. The van der Waals surface area contributed by atoms with Crippen LogP contribution in [0.3, 0.4) is 0 Å². The topological polar surface area (TPSA) is 47.7 Å². The van der Waals surface area contributed by atoms with Gasteiger partial charge in [-0.15, -0.1) is 0 Å². The summed E-state index contributed by atoms with van der Waals surface area (Å²) >= 11 is 6.24. The van der Waals surface area contributed by atoms with Crippen LogP contribution in [0.5, 0.6) is 5.75 Å². The number of morpholine rings is 1. The van der Waals surface area contributed by atoms with E-state index in [-0.39, 0.29) is 0 Å². The Morgan fingerprint density at radius 3 is 2.50 bits per heavy atom. The maximum atomic E-state index is 6.24. The molecular weight excluding hydrogens is 348 g/mol. The lowest BCUT2D eigenvalue weighted by molar-refractivity contribution is 0.0358. The van der Waals surface area contributed by atoms with Gasteiger partial charge >= 0.3 is 0 Å². The Bertz CT molecular complexity index is 775. The van der Waals surface area contributed by atoms with E-state index in [0.29, 0.717) is 17.4 Å². The van der Waals surface area contributed by atoms with E-state index >= 15 is 0 Å². The van der Waals surface area contributed by atoms with E-state index in [1.165, 1.54) is 0 Å². The smallest absolute Gasteiger partial charge is 0.139 e. The molecule has 2 N–H and O–H groups in total. The zero-order valence-electron chi connectivity index (χ0n) is 14.7. The Morgan fingerprint density at radius 2 is 1.73 bits per heavy atom. The summed E-state index contributed by atoms with van der Waals surface area (Å²) < 4.78 is 11.2. The molecule has 5 heteroatoms. The molecule has 1 fully saturated rings. The van der Waals surface area contributed by atoms with Gasteiger partial charge in [-0.3, -0.25) is 4.90 Å². The molecule has 0 bridgehead atoms. The lowest BCUT2D eigenvalue weighted by Gasteiger charge is -2.26. The van der Waals surface area contributed by atoms with Gasteiger partial charge in [0.2, 0.25) is 0 Å². The van der Waals surface area contributed by atoms with Crippen molar-refractivity contribution >= 4 is 17.3 Å². The first-order chi connectivity index (χ1) is 12.7. The summed E-state index contributed by atoms with van der Waals surface area (Å²) in [6.07, 6.45) is 0.956. The average Bonchev–Trinajstić information content (AvgIpc) is 2.67. The van der Waals surface area contributed by atoms with E-state index in [1.54, 1.807) is 0 Å². The highest BCUT2D eigenvalue weighted by molar-refractivity contribution is 6.32. The minimum Gasteiger partial charge on any atom is -0.492 e. The van der Waals surface area contributed by atoms with Gasteiger partial charge in [0, 0.05) is 36.4 Å². The van der Waals surface area contributed by atoms with Gasteiger partial charge in [0.15, 0.2) is 0 Å². The van der Waals surface area contributed by atoms with Crippen LogP contribution in [0.15, 0.2) is 42.5 Å². The van der Waals surface area contributed by atoms with Crippen LogP contribution in [0.25, 0.3) is 0 Å². The first kappa shape index (κ1) is 18.6. The second-order valence-corrected chi connectivity index (χ2v) is 6.58. The molecule has 2 aromatic carbocycles. The van der Waals surface area contributed by atoms with E-state index < -0.39 is 0 Å². The van der Waals surface area contributed by atoms with E-state index in [0.717, 1.165) is 56.1 Å². The first-order valence-electron chi connectivity index (χ1n) is 8.81. The molecule has 136 valence electrons. The molecule has 0 atom stereocenters. The van der Waals surface area contributed by atoms with Crippen LogP contribution in [-0.4, -0.2) is 44.4 Å². The second kappa shape index (κ2) is 9.49. The molecule has 3 rings (SSSR count). The van der Waals surface area contributed by atoms with Crippen LogP contribution in [0.1, 0.15) is 17.5 Å². The monoisotopic (exact) mass is 370 g/mol. The number of rotatable bonds is 5. The Balaban J connectivity index is 1.54. The summed E-state index contributed by atoms with van der Waals surface area (Å²) in [5.74, 6) is 6.94. The fourth-order valence-electron chi connectivity index (χ4n) is 2.70. The number of anilines is 1. The minimum atomic E-state index is 0.606. The predicted octanol–water partition coefficient (Wildman–Crippen LogP) is 3.42. The average molecular weight is 371 g/mol. The number of hydrogen-bond acceptors (Lipinski definition) is 4. The maximum absolute atomic E-state index is 6.24. The number of nitrogens with two attached hydrogens (primary N) is 1. The molecule has 0 saturated carbocycles. The largest absolute Gasteiger partial charge is 0.492 e. The molecule has 0 spiro atoms. The third kappa shape index (κ3) is 5.67. The third-order valence-electron chi connectivity index (χ3n) is 4.17. The van der Waals surface area contributed by atoms with E-state index in [1.807, 2.05) is 42.5 Å². The fraction of sp³-hybridized carbons (Fsp3) is 0.333. The molecule has 1 heterocycles. The van der Waals surface area contributed by atoms with Crippen LogP contribution in [0.4, 0.5) is 5.69 Å². The van der Waals surface area contributed by atoms with Gasteiger partial charge in [-0.1, -0.05) is 23.4 Å². The molecule has 0 radical (unpaired) electrons. The van der Waals surface area contributed by atoms with Crippen LogP contribution in [0.2, 0.25) is 5.02 Å². The van der Waals surface area contributed by atoms with Crippen molar-refractivity contribution < 1.29 is 9.47 Å². The standard InChI is InChI=1S/C21H23ClN2O2/c22-20-9-6-18(3-2-17-4-7-19(23)8-5-17)16-21(20)26-13-1-10-24-11-14-25-15-12-24/h4-9,16H,1,10-15,23H2. The molecule has 1 saturated heterocycles. The molecule has 26 heavy (non-hydrogen) atoms. The van der Waals surface area contributed by atoms with Crippen molar-refractivity contribution in [1.29, 1.82) is 0 Å². The highest BCUT2D eigenvalue weighted by Gasteiger charge is 2.09. The third-order valence-corrected chi connectivity index (χ3v) is 4.49. The van der Waals surface area contributed by atoms with Gasteiger partial charge < -0.3 is 15.2 Å². The van der Waals surface area contributed by atoms with Crippen molar-refractivity contribution in [2.24, 2.45) is 0 Å². The summed E-state index contributed by atoms with van der Waals surface area (Å²) in [5, 5.41) is 0.606. The van der Waals surface area contributed by atoms with Gasteiger partial charge in [-0.2, -0.15) is 0 Å². The molecule has 0 amide bonds. The summed E-state index contributed by atoms with van der Waals surface area (Å²) in [7, 11) is 0. The van der Waals surface area contributed by atoms with Crippen LogP contribution in [0, 0.1) is 11.8 Å². The molecule has 0 aliphatic carbocycles. The number of halogens is 1. The molecule has 1 aliphatic heterocycles. The summed E-state index contributed by atoms with van der Waals surface area (Å²) in [6.45, 7) is 5.28. The van der Waals surface area contributed by atoms with Crippen molar-refractivity contribution in [2.75, 3.05) is 45.2 Å². The van der Waals surface area contributed by atoms with Crippen molar-refractivity contribution in [2.45, 2.75) is 6.42 Å². The van der Waals surface area contributed by atoms with Crippen LogP contribution >= 0.6 is 11.6 Å². The number of nitrogen functional groups attached to an aromatic ring is 1. The zero-order chi connectivity index (χ0) is 18.2. The predicted molar refractivity (Wildman–Crippen MR) is 106 cm³/mol. The molecular formula is C21H23ClN2O2. The normalized spacial score (nSPS) is 14.5. The maximum Gasteiger partial charge on any atom is 0.139 e. The number of ether oxygens (including phenoxy) is 2. The second-order valence-electron chi connectivity index (χ2n) is 6.17. The molecule has 1 aliphatic rings. The van der Waals surface area contributed by atoms with Gasteiger partial charge in [0.05, 0.1) is 24.8 Å².